The van der Waals surface area contributed by atoms with Gasteiger partial charge in [0, 0.05) is 12.1 Å². The van der Waals surface area contributed by atoms with E-state index in [1.807, 2.05) is 0 Å². The number of allylic oxidation sites excluding steroid dienone is 2. The van der Waals surface area contributed by atoms with Crippen LogP contribution < -0.4 is 5.32 Å². The quantitative estimate of drug-likeness (QED) is 0.717. The maximum Gasteiger partial charge on any atom is 0.0271 e. The minimum absolute atomic E-state index is 0.257. The number of rotatable bonds is 5. The van der Waals surface area contributed by atoms with Crippen LogP contribution in [0.25, 0.3) is 0 Å². The average Bonchev–Trinajstić information content (AvgIpc) is 2.78. The first-order chi connectivity index (χ1) is 7.49. The van der Waals surface area contributed by atoms with E-state index in [1.54, 1.807) is 0 Å². The smallest absolute Gasteiger partial charge is 0.0271 e. The van der Waals surface area contributed by atoms with Gasteiger partial charge >= 0.3 is 0 Å². The summed E-state index contributed by atoms with van der Waals surface area (Å²) in [5, 5.41) is 3.66. The van der Waals surface area contributed by atoms with Crippen molar-refractivity contribution in [3.63, 3.8) is 0 Å². The summed E-state index contributed by atoms with van der Waals surface area (Å²) in [5.41, 5.74) is 0.257. The van der Waals surface area contributed by atoms with E-state index in [1.165, 1.54) is 19.4 Å². The molecule has 2 bridgehead atoms. The molecule has 0 heterocycles. The number of likely N-dealkylation sites (N-methyl/N-ethyl adjacent to an activating group) is 1. The fourth-order valence-corrected chi connectivity index (χ4v) is 2.85. The molecule has 0 radical (unpaired) electrons. The molecular weight excluding hydrogens is 196 g/mol. The van der Waals surface area contributed by atoms with E-state index in [2.05, 4.69) is 50.3 Å². The van der Waals surface area contributed by atoms with Gasteiger partial charge in [0.2, 0.25) is 0 Å². The van der Waals surface area contributed by atoms with E-state index in [-0.39, 0.29) is 5.54 Å². The average molecular weight is 222 g/mol. The lowest BCUT2D eigenvalue weighted by atomic mass is 9.93. The maximum absolute atomic E-state index is 3.66. The van der Waals surface area contributed by atoms with Crippen LogP contribution in [0.3, 0.4) is 0 Å². The van der Waals surface area contributed by atoms with Gasteiger partial charge in [0.1, 0.15) is 0 Å². The molecule has 3 unspecified atom stereocenters. The number of nitrogens with one attached hydrogen (secondary N) is 1. The Balaban J connectivity index is 1.71. The molecule has 92 valence electrons. The molecule has 2 aliphatic rings. The van der Waals surface area contributed by atoms with Crippen molar-refractivity contribution in [2.75, 3.05) is 27.2 Å². The van der Waals surface area contributed by atoms with Gasteiger partial charge in [-0.1, -0.05) is 12.2 Å². The van der Waals surface area contributed by atoms with E-state index in [0.29, 0.717) is 0 Å². The summed E-state index contributed by atoms with van der Waals surface area (Å²) in [4.78, 5) is 2.29. The summed E-state index contributed by atoms with van der Waals surface area (Å²) in [6.07, 6.45) is 7.70. The van der Waals surface area contributed by atoms with Crippen molar-refractivity contribution in [1.82, 2.24) is 10.2 Å². The summed E-state index contributed by atoms with van der Waals surface area (Å²) in [5.74, 6) is 2.67. The zero-order valence-electron chi connectivity index (χ0n) is 11.2. The molecule has 0 saturated heterocycles. The lowest BCUT2D eigenvalue weighted by Crippen LogP contribution is -2.47. The summed E-state index contributed by atoms with van der Waals surface area (Å²) >= 11 is 0. The molecule has 16 heavy (non-hydrogen) atoms. The van der Waals surface area contributed by atoms with Crippen LogP contribution in [-0.4, -0.2) is 37.6 Å². The molecule has 1 fully saturated rings. The number of fused-ring (bicyclic) bond motifs is 2. The molecule has 2 heteroatoms. The molecule has 0 spiro atoms. The molecule has 2 nitrogen and oxygen atoms in total. The summed E-state index contributed by atoms with van der Waals surface area (Å²) in [7, 11) is 4.31. The third-order valence-electron chi connectivity index (χ3n) is 4.59. The van der Waals surface area contributed by atoms with Crippen LogP contribution in [0.2, 0.25) is 0 Å². The zero-order chi connectivity index (χ0) is 11.8. The Kier molecular flexibility index (Phi) is 3.41. The SMILES string of the molecule is CN(C)C(C)(C)CNCC1CC2C=CC1C2. The van der Waals surface area contributed by atoms with Gasteiger partial charge in [-0.3, -0.25) is 0 Å². The summed E-state index contributed by atoms with van der Waals surface area (Å²) in [6.45, 7) is 6.86. The topological polar surface area (TPSA) is 15.3 Å². The first-order valence-electron chi connectivity index (χ1n) is 6.55. The Hall–Kier alpha value is -0.340. The van der Waals surface area contributed by atoms with Gasteiger partial charge in [-0.2, -0.15) is 0 Å². The number of hydrogen-bond donors (Lipinski definition) is 1. The molecule has 0 aromatic heterocycles. The lowest BCUT2D eigenvalue weighted by Gasteiger charge is -2.33. The Morgan fingerprint density at radius 2 is 2.00 bits per heavy atom. The molecule has 0 aliphatic heterocycles. The molecule has 0 amide bonds. The van der Waals surface area contributed by atoms with Crippen LogP contribution in [-0.2, 0) is 0 Å². The van der Waals surface area contributed by atoms with Gasteiger partial charge in [0.25, 0.3) is 0 Å². The molecule has 1 saturated carbocycles. The highest BCUT2D eigenvalue weighted by molar-refractivity contribution is 5.10. The van der Waals surface area contributed by atoms with Gasteiger partial charge in [-0.15, -0.1) is 0 Å². The Morgan fingerprint density at radius 3 is 2.50 bits per heavy atom. The monoisotopic (exact) mass is 222 g/mol. The van der Waals surface area contributed by atoms with Crippen LogP contribution in [0.1, 0.15) is 26.7 Å². The highest BCUT2D eigenvalue weighted by atomic mass is 15.2. The standard InChI is InChI=1S/C14H26N2/c1-14(2,16(3)4)10-15-9-13-8-11-5-6-12(13)7-11/h5-6,11-13,15H,7-10H2,1-4H3. The predicted molar refractivity (Wildman–Crippen MR) is 69.5 cm³/mol. The van der Waals surface area contributed by atoms with Crippen molar-refractivity contribution < 1.29 is 0 Å². The van der Waals surface area contributed by atoms with Crippen LogP contribution in [0, 0.1) is 17.8 Å². The predicted octanol–water partition coefficient (Wildman–Crippen LogP) is 2.13. The Bertz CT molecular complexity index is 268. The van der Waals surface area contributed by atoms with Crippen molar-refractivity contribution in [3.8, 4) is 0 Å². The largest absolute Gasteiger partial charge is 0.315 e. The third-order valence-corrected chi connectivity index (χ3v) is 4.59. The normalized spacial score (nSPS) is 32.9. The van der Waals surface area contributed by atoms with E-state index < -0.39 is 0 Å². The summed E-state index contributed by atoms with van der Waals surface area (Å²) in [6, 6.07) is 0. The number of hydrogen-bond acceptors (Lipinski definition) is 2. The maximum atomic E-state index is 3.66. The highest BCUT2D eigenvalue weighted by Crippen LogP contribution is 2.42. The van der Waals surface area contributed by atoms with Crippen LogP contribution in [0.4, 0.5) is 0 Å². The fourth-order valence-electron chi connectivity index (χ4n) is 2.85. The molecule has 2 rings (SSSR count). The van der Waals surface area contributed by atoms with Crippen molar-refractivity contribution >= 4 is 0 Å². The van der Waals surface area contributed by atoms with Gasteiger partial charge in [0.15, 0.2) is 0 Å². The van der Waals surface area contributed by atoms with E-state index in [4.69, 9.17) is 0 Å². The zero-order valence-corrected chi connectivity index (χ0v) is 11.2. The number of nitrogens with zero attached hydrogens (tertiary/aromatic N) is 1. The van der Waals surface area contributed by atoms with Crippen molar-refractivity contribution in [2.24, 2.45) is 17.8 Å². The van der Waals surface area contributed by atoms with Crippen molar-refractivity contribution in [3.05, 3.63) is 12.2 Å². The minimum Gasteiger partial charge on any atom is -0.315 e. The van der Waals surface area contributed by atoms with E-state index >= 15 is 0 Å². The van der Waals surface area contributed by atoms with Gasteiger partial charge in [-0.05, 0) is 65.1 Å². The van der Waals surface area contributed by atoms with Gasteiger partial charge in [-0.25, -0.2) is 0 Å². The Morgan fingerprint density at radius 1 is 1.25 bits per heavy atom. The third kappa shape index (κ3) is 2.49. The van der Waals surface area contributed by atoms with Gasteiger partial charge < -0.3 is 10.2 Å². The van der Waals surface area contributed by atoms with Crippen LogP contribution in [0.5, 0.6) is 0 Å². The lowest BCUT2D eigenvalue weighted by molar-refractivity contribution is 0.186. The van der Waals surface area contributed by atoms with Crippen LogP contribution >= 0.6 is 0 Å². The second-order valence-electron chi connectivity index (χ2n) is 6.38. The van der Waals surface area contributed by atoms with Gasteiger partial charge in [0.05, 0.1) is 0 Å². The Labute approximate surface area is 100 Å². The van der Waals surface area contributed by atoms with E-state index in [0.717, 1.165) is 24.3 Å². The summed E-state index contributed by atoms with van der Waals surface area (Å²) < 4.78 is 0. The van der Waals surface area contributed by atoms with E-state index in [9.17, 15) is 0 Å². The van der Waals surface area contributed by atoms with Crippen molar-refractivity contribution in [2.45, 2.75) is 32.2 Å². The molecule has 0 aromatic rings. The van der Waals surface area contributed by atoms with Crippen LogP contribution in [0.15, 0.2) is 12.2 Å². The first-order valence-corrected chi connectivity index (χ1v) is 6.55. The fraction of sp³-hybridized carbons (Fsp3) is 0.857. The van der Waals surface area contributed by atoms with Crippen molar-refractivity contribution in [1.29, 1.82) is 0 Å². The molecule has 0 aromatic carbocycles. The highest BCUT2D eigenvalue weighted by Gasteiger charge is 2.35. The second-order valence-corrected chi connectivity index (χ2v) is 6.38. The molecule has 1 N–H and O–H groups in total. The minimum atomic E-state index is 0.257. The molecular formula is C14H26N2. The molecule has 3 atom stereocenters. The second kappa shape index (κ2) is 4.50. The molecule has 2 aliphatic carbocycles. The first kappa shape index (κ1) is 12.1.